The van der Waals surface area contributed by atoms with Crippen molar-refractivity contribution in [3.8, 4) is 0 Å². The number of amides is 2. The molecule has 0 aliphatic heterocycles. The summed E-state index contributed by atoms with van der Waals surface area (Å²) >= 11 is 8.59. The molecule has 0 aliphatic rings. The van der Waals surface area contributed by atoms with E-state index in [1.165, 1.54) is 19.5 Å². The topological polar surface area (TPSA) is 253 Å². The average molecular weight is 674 g/mol. The molecule has 22 heteroatoms. The van der Waals surface area contributed by atoms with Crippen LogP contribution in [-0.4, -0.2) is 117 Å². The molecule has 5 atom stereocenters. The van der Waals surface area contributed by atoms with Crippen molar-refractivity contribution in [1.82, 2.24) is 10.6 Å². The van der Waals surface area contributed by atoms with Crippen molar-refractivity contribution in [2.24, 2.45) is 11.5 Å². The maximum absolute atomic E-state index is 12.0. The van der Waals surface area contributed by atoms with Gasteiger partial charge in [-0.05, 0) is 18.7 Å². The number of esters is 1. The largest absolute Gasteiger partial charge is 0.471 e. The average Bonchev–Trinajstić information content (AvgIpc) is 2.90. The Morgan fingerprint density at radius 2 is 1.65 bits per heavy atom. The molecule has 40 heavy (non-hydrogen) atoms. The molecule has 0 aromatic carbocycles. The molecule has 0 heterocycles. The molecule has 0 saturated carbocycles. The molecule has 10 N–H and O–H groups in total. The number of aliphatic hydroxyl groups is 3. The smallest absolute Gasteiger partial charge is 0.463 e. The van der Waals surface area contributed by atoms with Gasteiger partial charge in [0.25, 0.3) is 6.57 Å². The van der Waals surface area contributed by atoms with Crippen LogP contribution in [-0.2, 0) is 44.5 Å². The Kier molecular flexibility index (Phi) is 22.2. The molecule has 0 aromatic heterocycles. The third-order valence-corrected chi connectivity index (χ3v) is 10.5. The van der Waals surface area contributed by atoms with Crippen LogP contribution in [0.15, 0.2) is 0 Å². The third-order valence-electron chi connectivity index (χ3n) is 3.68. The lowest BCUT2D eigenvalue weighted by Gasteiger charge is -2.22. The molecule has 0 radical (unpaired) electrons. The van der Waals surface area contributed by atoms with Crippen molar-refractivity contribution in [2.75, 3.05) is 53.1 Å². The van der Waals surface area contributed by atoms with Gasteiger partial charge in [0, 0.05) is 21.9 Å². The number of aliphatic hydroxyl groups excluding tert-OH is 3. The fraction of sp³-hybridized carbons (Fsp3) is 0.833. The highest BCUT2D eigenvalue weighted by molar-refractivity contribution is 8.48. The number of ether oxygens (including phenoxy) is 1. The van der Waals surface area contributed by atoms with E-state index in [2.05, 4.69) is 27.4 Å². The summed E-state index contributed by atoms with van der Waals surface area (Å²) in [5.41, 5.74) is 10.8. The highest BCUT2D eigenvalue weighted by Crippen LogP contribution is 2.63. The van der Waals surface area contributed by atoms with E-state index in [9.17, 15) is 37.0 Å². The lowest BCUT2D eigenvalue weighted by atomic mass is 10.3. The molecule has 2 amide bonds. The van der Waals surface area contributed by atoms with Gasteiger partial charge >= 0.3 is 18.1 Å². The molecule has 0 fully saturated rings. The quantitative estimate of drug-likeness (QED) is 0.0529. The molecular formula is C18H39F3N4O11P2S2. The van der Waals surface area contributed by atoms with Crippen LogP contribution in [0, 0.1) is 0 Å². The Morgan fingerprint density at radius 3 is 2.08 bits per heavy atom. The summed E-state index contributed by atoms with van der Waals surface area (Å²) in [6.45, 7) is -8.98. The Hall–Kier alpha value is -0.890. The molecule has 0 rings (SSSR count). The first kappa shape index (κ1) is 39.1. The number of thiol groups is 1. The lowest BCUT2D eigenvalue weighted by molar-refractivity contribution is -0.174. The number of carbonyl (C=O) groups excluding carboxylic acids is 3. The molecule has 15 nitrogen and oxygen atoms in total. The van der Waals surface area contributed by atoms with Crippen LogP contribution >= 0.6 is 25.3 Å². The zero-order valence-electron chi connectivity index (χ0n) is 23.7. The number of halogens is 3. The van der Waals surface area contributed by atoms with Gasteiger partial charge < -0.3 is 56.1 Å². The predicted molar refractivity (Wildman–Crippen MR) is 146 cm³/mol. The number of nitrogens with two attached hydrogens (primary N) is 2. The number of hydrogen-bond donors (Lipinski definition) is 9. The van der Waals surface area contributed by atoms with Crippen LogP contribution in [0.25, 0.3) is 0 Å². The number of hydrogen-bond acceptors (Lipinski definition) is 13. The summed E-state index contributed by atoms with van der Waals surface area (Å²) in [5, 5.41) is 24.7. The number of alkyl halides is 3. The van der Waals surface area contributed by atoms with Crippen LogP contribution in [0.1, 0.15) is 21.1 Å². The van der Waals surface area contributed by atoms with Gasteiger partial charge in [0.1, 0.15) is 12.5 Å². The molecule has 2 unspecified atom stereocenters. The summed E-state index contributed by atoms with van der Waals surface area (Å²) in [6, 6.07) is -2.63. The standard InChI is InChI=1S/C10H15F3N2O4.C7H20N2O6P2S2.CH4O/c1-6(15-9(18)10(11,12)13)5-19-8(17)4-3-7(16)14-2;8-6(1-10)3-14-16(12,18)5-17(13,19)15-4-7(9)2-11;1-2/h6H,3-5H2,1-2H3,(H,14,16)(H,15,18);6-7,10-11H,1-5,8-9H2,(H,12,18)(H,13,19);2H,1H3/t6-;6-,7+,16?,17?;/m0../s1/i1D;;2T. The van der Waals surface area contributed by atoms with Crippen LogP contribution in [0.5, 0.6) is 0 Å². The second-order valence-corrected chi connectivity index (χ2v) is 15.2. The second-order valence-electron chi connectivity index (χ2n) is 7.42. The van der Waals surface area contributed by atoms with E-state index in [4.69, 9.17) is 45.3 Å². The Morgan fingerprint density at radius 1 is 1.15 bits per heavy atom. The minimum Gasteiger partial charge on any atom is -0.463 e. The van der Waals surface area contributed by atoms with E-state index in [0.29, 0.717) is 0 Å². The summed E-state index contributed by atoms with van der Waals surface area (Å²) in [5.74, 6) is -3.83. The number of rotatable bonds is 16. The van der Waals surface area contributed by atoms with Gasteiger partial charge in [-0.1, -0.05) is 12.2 Å². The normalized spacial score (nSPS) is 16.9. The Labute approximate surface area is 243 Å². The van der Waals surface area contributed by atoms with Gasteiger partial charge in [0.05, 0.1) is 51.0 Å². The maximum Gasteiger partial charge on any atom is 0.471 e. The summed E-state index contributed by atoms with van der Waals surface area (Å²) in [7, 11) is 2.68. The molecule has 0 saturated heterocycles. The zero-order valence-corrected chi connectivity index (χ0v) is 25.2. The molecule has 0 bridgehead atoms. The van der Waals surface area contributed by atoms with Crippen molar-refractivity contribution in [3.63, 3.8) is 0 Å². The van der Waals surface area contributed by atoms with Gasteiger partial charge in [-0.3, -0.25) is 18.9 Å². The minimum absolute atomic E-state index is 0.115. The fourth-order valence-electron chi connectivity index (χ4n) is 1.75. The Balaban J connectivity index is -0.000000662. The van der Waals surface area contributed by atoms with E-state index in [-0.39, 0.29) is 45.2 Å². The number of nitrogens with one attached hydrogen (secondary N) is 2. The number of carbonyl (C=O) groups is 3. The van der Waals surface area contributed by atoms with Crippen molar-refractivity contribution in [1.29, 1.82) is 1.43 Å². The summed E-state index contributed by atoms with van der Waals surface area (Å²) < 4.78 is 75.0. The van der Waals surface area contributed by atoms with Crippen molar-refractivity contribution in [3.05, 3.63) is 0 Å². The molecule has 0 aromatic rings. The first-order valence-electron chi connectivity index (χ1n) is 12.0. The van der Waals surface area contributed by atoms with Crippen LogP contribution in [0.3, 0.4) is 0 Å². The van der Waals surface area contributed by atoms with Crippen LogP contribution in [0.2, 0.25) is 0 Å². The summed E-state index contributed by atoms with van der Waals surface area (Å²) in [6.07, 6.45) is -5.41. The van der Waals surface area contributed by atoms with E-state index in [1.54, 1.807) is 0 Å². The van der Waals surface area contributed by atoms with Gasteiger partial charge in [-0.25, -0.2) is 0 Å². The van der Waals surface area contributed by atoms with Crippen LogP contribution in [0.4, 0.5) is 13.2 Å². The minimum atomic E-state index is -5.06. The van der Waals surface area contributed by atoms with E-state index in [1.807, 2.05) is 0 Å². The van der Waals surface area contributed by atoms with Crippen LogP contribution < -0.4 is 22.1 Å². The Bertz CT molecular complexity index is 857. The fourth-order valence-corrected chi connectivity index (χ4v) is 9.13. The lowest BCUT2D eigenvalue weighted by Crippen LogP contribution is -2.44. The zero-order chi connectivity index (χ0) is 33.6. The van der Waals surface area contributed by atoms with Crippen molar-refractivity contribution < 1.29 is 67.5 Å². The highest BCUT2D eigenvalue weighted by Gasteiger charge is 2.39. The summed E-state index contributed by atoms with van der Waals surface area (Å²) in [4.78, 5) is 42.4. The molecule has 0 aliphatic carbocycles. The first-order valence-corrected chi connectivity index (χ1v) is 16.7. The SMILES string of the molecule is N[C@H](CO)COP(=O)(S)CP(O)(=S)OC[C@@H](N)CO.[2H]C[C@@H](COC(=O)CCC(=O)NC)NC(=O)C(F)(F)F.[3H]OC. The monoisotopic (exact) mass is 673 g/mol. The first-order chi connectivity index (χ1) is 19.2. The second kappa shape index (κ2) is 22.7. The van der Waals surface area contributed by atoms with E-state index >= 15 is 0 Å². The van der Waals surface area contributed by atoms with E-state index in [0.717, 1.165) is 0 Å². The van der Waals surface area contributed by atoms with Gasteiger partial charge in [-0.15, -0.1) is 0 Å². The molecular weight excluding hydrogens is 631 g/mol. The van der Waals surface area contributed by atoms with E-state index < -0.39 is 68.7 Å². The maximum atomic E-state index is 12.0. The van der Waals surface area contributed by atoms with Crippen molar-refractivity contribution >= 4 is 54.9 Å². The van der Waals surface area contributed by atoms with Gasteiger partial charge in [0.15, 0.2) is 6.49 Å². The predicted octanol–water partition coefficient (Wildman–Crippen LogP) is -1.23. The van der Waals surface area contributed by atoms with Gasteiger partial charge in [-0.2, -0.15) is 13.2 Å². The molecule has 0 spiro atoms. The van der Waals surface area contributed by atoms with Crippen molar-refractivity contribution in [2.45, 2.75) is 44.0 Å². The van der Waals surface area contributed by atoms with Gasteiger partial charge in [0.2, 0.25) is 7.34 Å². The molecule has 240 valence electrons. The highest BCUT2D eigenvalue weighted by atomic mass is 32.7. The third kappa shape index (κ3) is 26.0.